The van der Waals surface area contributed by atoms with Crippen molar-refractivity contribution in [2.75, 3.05) is 0 Å². The van der Waals surface area contributed by atoms with Crippen molar-refractivity contribution in [3.8, 4) is 0 Å². The van der Waals surface area contributed by atoms with Gasteiger partial charge in [-0.1, -0.05) is 25.1 Å². The molecule has 21 heavy (non-hydrogen) atoms. The Morgan fingerprint density at radius 3 is 2.48 bits per heavy atom. The zero-order valence-corrected chi connectivity index (χ0v) is 14.8. The second-order valence-corrected chi connectivity index (χ2v) is 7.19. The van der Waals surface area contributed by atoms with E-state index in [1.807, 2.05) is 11.3 Å². The molecule has 0 fully saturated rings. The van der Waals surface area contributed by atoms with Gasteiger partial charge < -0.3 is 5.32 Å². The number of rotatable bonds is 5. The Bertz CT molecular complexity index is 614. The van der Waals surface area contributed by atoms with Crippen molar-refractivity contribution in [2.45, 2.75) is 60.0 Å². The van der Waals surface area contributed by atoms with Crippen LogP contribution in [0.2, 0.25) is 0 Å². The van der Waals surface area contributed by atoms with Crippen LogP contribution in [0, 0.1) is 20.8 Å². The normalized spacial score (nSPS) is 12.9. The molecule has 1 aromatic heterocycles. The molecule has 2 aromatic rings. The first kappa shape index (κ1) is 16.2. The van der Waals surface area contributed by atoms with Crippen molar-refractivity contribution < 1.29 is 0 Å². The molecule has 2 rings (SSSR count). The van der Waals surface area contributed by atoms with Crippen LogP contribution in [0.5, 0.6) is 0 Å². The summed E-state index contributed by atoms with van der Waals surface area (Å²) in [6.07, 6.45) is 1.00. The van der Waals surface area contributed by atoms with Crippen LogP contribution < -0.4 is 5.32 Å². The number of thiazole rings is 1. The highest BCUT2D eigenvalue weighted by molar-refractivity contribution is 7.11. The highest BCUT2D eigenvalue weighted by Gasteiger charge is 2.22. The molecule has 0 amide bonds. The summed E-state index contributed by atoms with van der Waals surface area (Å²) in [6, 6.07) is 7.16. The maximum Gasteiger partial charge on any atom is 0.115 e. The van der Waals surface area contributed by atoms with Crippen LogP contribution in [0.25, 0.3) is 0 Å². The summed E-state index contributed by atoms with van der Waals surface area (Å²) in [5, 5.41) is 4.88. The fraction of sp³-hybridized carbons (Fsp3) is 0.500. The standard InChI is InChI=1S/C18H26N2S/c1-7-16-14(6)21-18(20-16)17(19-11(2)3)15-10-8-9-12(4)13(15)5/h8-11,17,19H,7H2,1-6H3. The third kappa shape index (κ3) is 3.53. The van der Waals surface area contributed by atoms with Crippen molar-refractivity contribution in [3.63, 3.8) is 0 Å². The van der Waals surface area contributed by atoms with E-state index in [0.717, 1.165) is 6.42 Å². The van der Waals surface area contributed by atoms with Gasteiger partial charge in [-0.05, 0) is 57.7 Å². The maximum atomic E-state index is 4.88. The van der Waals surface area contributed by atoms with Crippen LogP contribution in [0.1, 0.15) is 59.1 Å². The zero-order chi connectivity index (χ0) is 15.6. The lowest BCUT2D eigenvalue weighted by molar-refractivity contribution is 0.524. The van der Waals surface area contributed by atoms with Gasteiger partial charge in [0.2, 0.25) is 0 Å². The van der Waals surface area contributed by atoms with Crippen molar-refractivity contribution >= 4 is 11.3 Å². The summed E-state index contributed by atoms with van der Waals surface area (Å²) in [4.78, 5) is 6.23. The molecule has 0 radical (unpaired) electrons. The van der Waals surface area contributed by atoms with Crippen LogP contribution >= 0.6 is 11.3 Å². The summed E-state index contributed by atoms with van der Waals surface area (Å²) in [5.74, 6) is 0. The first-order valence-electron chi connectivity index (χ1n) is 7.72. The van der Waals surface area contributed by atoms with Crippen LogP contribution in [-0.2, 0) is 6.42 Å². The number of nitrogens with one attached hydrogen (secondary N) is 1. The van der Waals surface area contributed by atoms with Gasteiger partial charge in [0.1, 0.15) is 5.01 Å². The molecule has 1 unspecified atom stereocenters. The third-order valence-electron chi connectivity index (χ3n) is 3.95. The van der Waals surface area contributed by atoms with Crippen molar-refractivity contribution in [1.82, 2.24) is 10.3 Å². The number of hydrogen-bond donors (Lipinski definition) is 1. The predicted octanol–water partition coefficient (Wildman–Crippen LogP) is 4.72. The van der Waals surface area contributed by atoms with Crippen LogP contribution in [0.15, 0.2) is 18.2 Å². The highest BCUT2D eigenvalue weighted by atomic mass is 32.1. The van der Waals surface area contributed by atoms with Gasteiger partial charge in [-0.3, -0.25) is 0 Å². The predicted molar refractivity (Wildman–Crippen MR) is 92.3 cm³/mol. The van der Waals surface area contributed by atoms with Crippen LogP contribution in [0.3, 0.4) is 0 Å². The average Bonchev–Trinajstić information content (AvgIpc) is 2.80. The van der Waals surface area contributed by atoms with Crippen LogP contribution in [-0.4, -0.2) is 11.0 Å². The van der Waals surface area contributed by atoms with Gasteiger partial charge in [-0.2, -0.15) is 0 Å². The summed E-state index contributed by atoms with van der Waals surface area (Å²) in [5.41, 5.74) is 5.28. The van der Waals surface area contributed by atoms with E-state index in [4.69, 9.17) is 4.98 Å². The monoisotopic (exact) mass is 302 g/mol. The smallest absolute Gasteiger partial charge is 0.115 e. The number of aromatic nitrogens is 1. The van der Waals surface area contributed by atoms with E-state index in [1.165, 1.54) is 32.3 Å². The van der Waals surface area contributed by atoms with E-state index in [-0.39, 0.29) is 6.04 Å². The van der Waals surface area contributed by atoms with Crippen LogP contribution in [0.4, 0.5) is 0 Å². The first-order valence-corrected chi connectivity index (χ1v) is 8.54. The van der Waals surface area contributed by atoms with E-state index in [1.54, 1.807) is 0 Å². The van der Waals surface area contributed by atoms with E-state index in [0.29, 0.717) is 6.04 Å². The molecule has 114 valence electrons. The molecule has 0 bridgehead atoms. The molecule has 0 aliphatic heterocycles. The van der Waals surface area contributed by atoms with E-state index < -0.39 is 0 Å². The van der Waals surface area contributed by atoms with E-state index in [9.17, 15) is 0 Å². The van der Waals surface area contributed by atoms with Crippen molar-refractivity contribution in [3.05, 3.63) is 50.5 Å². The quantitative estimate of drug-likeness (QED) is 0.864. The van der Waals surface area contributed by atoms with Gasteiger partial charge in [-0.25, -0.2) is 4.98 Å². The lowest BCUT2D eigenvalue weighted by Gasteiger charge is -2.22. The summed E-state index contributed by atoms with van der Waals surface area (Å²) in [7, 11) is 0. The molecule has 1 aromatic carbocycles. The first-order chi connectivity index (χ1) is 9.93. The SMILES string of the molecule is CCc1nc(C(NC(C)C)c2cccc(C)c2C)sc1C. The second kappa shape index (κ2) is 6.71. The minimum Gasteiger partial charge on any atom is -0.302 e. The molecule has 0 aliphatic rings. The number of hydrogen-bond acceptors (Lipinski definition) is 3. The largest absolute Gasteiger partial charge is 0.302 e. The lowest BCUT2D eigenvalue weighted by Crippen LogP contribution is -2.29. The molecular weight excluding hydrogens is 276 g/mol. The summed E-state index contributed by atoms with van der Waals surface area (Å²) >= 11 is 1.82. The summed E-state index contributed by atoms with van der Waals surface area (Å²) in [6.45, 7) is 13.1. The second-order valence-electron chi connectivity index (χ2n) is 5.95. The van der Waals surface area contributed by atoms with E-state index >= 15 is 0 Å². The fourth-order valence-electron chi connectivity index (χ4n) is 2.62. The molecule has 0 saturated carbocycles. The molecule has 1 atom stereocenters. The molecule has 2 nitrogen and oxygen atoms in total. The molecule has 0 spiro atoms. The van der Waals surface area contributed by atoms with Gasteiger partial charge >= 0.3 is 0 Å². The minimum absolute atomic E-state index is 0.189. The highest BCUT2D eigenvalue weighted by Crippen LogP contribution is 2.31. The Kier molecular flexibility index (Phi) is 5.17. The maximum absolute atomic E-state index is 4.88. The molecule has 0 saturated heterocycles. The Morgan fingerprint density at radius 1 is 1.19 bits per heavy atom. The van der Waals surface area contributed by atoms with Gasteiger partial charge in [0, 0.05) is 10.9 Å². The number of nitrogens with zero attached hydrogens (tertiary/aromatic N) is 1. The van der Waals surface area contributed by atoms with Crippen molar-refractivity contribution in [2.24, 2.45) is 0 Å². The average molecular weight is 302 g/mol. The zero-order valence-electron chi connectivity index (χ0n) is 13.9. The Balaban J connectivity index is 2.49. The van der Waals surface area contributed by atoms with Gasteiger partial charge in [0.15, 0.2) is 0 Å². The Hall–Kier alpha value is -1.19. The molecule has 1 heterocycles. The molecule has 3 heteroatoms. The third-order valence-corrected chi connectivity index (χ3v) is 5.03. The Labute approximate surface area is 132 Å². The lowest BCUT2D eigenvalue weighted by atomic mass is 9.97. The van der Waals surface area contributed by atoms with Gasteiger partial charge in [0.25, 0.3) is 0 Å². The molecule has 0 aliphatic carbocycles. The Morgan fingerprint density at radius 2 is 1.90 bits per heavy atom. The molecular formula is C18H26N2S. The summed E-state index contributed by atoms with van der Waals surface area (Å²) < 4.78 is 0. The van der Waals surface area contributed by atoms with E-state index in [2.05, 4.69) is 65.1 Å². The topological polar surface area (TPSA) is 24.9 Å². The number of benzene rings is 1. The van der Waals surface area contributed by atoms with Gasteiger partial charge in [0.05, 0.1) is 11.7 Å². The fourth-order valence-corrected chi connectivity index (χ4v) is 3.71. The minimum atomic E-state index is 0.189. The molecule has 1 N–H and O–H groups in total. The van der Waals surface area contributed by atoms with Crippen molar-refractivity contribution in [1.29, 1.82) is 0 Å². The van der Waals surface area contributed by atoms with Gasteiger partial charge in [-0.15, -0.1) is 11.3 Å². The number of aryl methyl sites for hydroxylation is 3.